The van der Waals surface area contributed by atoms with Gasteiger partial charge in [0.2, 0.25) is 21.8 Å². The number of aryl methyl sites for hydroxylation is 1. The molecule has 0 saturated heterocycles. The molecule has 0 spiro atoms. The molecule has 2 rings (SSSR count). The molecule has 0 bridgehead atoms. The van der Waals surface area contributed by atoms with Crippen molar-refractivity contribution in [3.63, 3.8) is 0 Å². The first kappa shape index (κ1) is 27.9. The molecule has 2 aromatic rings. The number of anilines is 1. The quantitative estimate of drug-likeness (QED) is 0.452. The second kappa shape index (κ2) is 12.4. The topological polar surface area (TPSA) is 86.8 Å². The van der Waals surface area contributed by atoms with Crippen LogP contribution in [0.2, 0.25) is 0 Å². The Balaban J connectivity index is 2.44. The monoisotopic (exact) mass is 551 g/mol. The van der Waals surface area contributed by atoms with Gasteiger partial charge in [-0.2, -0.15) is 0 Å². The predicted octanol–water partition coefficient (Wildman–Crippen LogP) is 4.25. The summed E-state index contributed by atoms with van der Waals surface area (Å²) in [6.45, 7) is 7.49. The summed E-state index contributed by atoms with van der Waals surface area (Å²) in [7, 11) is -3.75. The lowest BCUT2D eigenvalue weighted by Gasteiger charge is -2.33. The van der Waals surface area contributed by atoms with Crippen LogP contribution in [0.3, 0.4) is 0 Å². The summed E-state index contributed by atoms with van der Waals surface area (Å²) >= 11 is 3.35. The van der Waals surface area contributed by atoms with Crippen LogP contribution in [0.4, 0.5) is 5.69 Å². The standard InChI is InChI=1S/C25H34BrN3O4S/c1-6-19(4)27-25(31)23(7-2)28(16-20-11-9-8-10-18(20)3)24(30)17-29(34(5,32)33)22-14-12-21(26)13-15-22/h8-15,19,23H,6-7,16-17H2,1-5H3,(H,27,31)/t19-,23+/m1/s1. The molecule has 9 heteroatoms. The molecule has 0 aromatic heterocycles. The van der Waals surface area contributed by atoms with Gasteiger partial charge < -0.3 is 10.2 Å². The summed E-state index contributed by atoms with van der Waals surface area (Å²) in [6.07, 6.45) is 2.23. The largest absolute Gasteiger partial charge is 0.352 e. The molecule has 2 amide bonds. The minimum Gasteiger partial charge on any atom is -0.352 e. The normalized spacial score (nSPS) is 13.1. The average Bonchev–Trinajstić information content (AvgIpc) is 2.78. The molecule has 1 N–H and O–H groups in total. The average molecular weight is 553 g/mol. The van der Waals surface area contributed by atoms with Gasteiger partial charge in [0, 0.05) is 17.1 Å². The van der Waals surface area contributed by atoms with E-state index >= 15 is 0 Å². The van der Waals surface area contributed by atoms with Crippen LogP contribution < -0.4 is 9.62 Å². The SMILES string of the molecule is CC[C@@H](C)NC(=O)[C@H](CC)N(Cc1ccccc1C)C(=O)CN(c1ccc(Br)cc1)S(C)(=O)=O. The van der Waals surface area contributed by atoms with E-state index < -0.39 is 28.5 Å². The van der Waals surface area contributed by atoms with E-state index in [1.54, 1.807) is 24.3 Å². The Kier molecular flexibility index (Phi) is 10.1. The number of hydrogen-bond acceptors (Lipinski definition) is 4. The summed E-state index contributed by atoms with van der Waals surface area (Å²) in [5, 5.41) is 2.97. The smallest absolute Gasteiger partial charge is 0.244 e. The number of nitrogens with zero attached hydrogens (tertiary/aromatic N) is 2. The van der Waals surface area contributed by atoms with Crippen molar-refractivity contribution in [2.75, 3.05) is 17.1 Å². The van der Waals surface area contributed by atoms with E-state index in [2.05, 4.69) is 21.2 Å². The number of carbonyl (C=O) groups is 2. The fraction of sp³-hybridized carbons (Fsp3) is 0.440. The lowest BCUT2D eigenvalue weighted by molar-refractivity contribution is -0.140. The molecule has 186 valence electrons. The fourth-order valence-electron chi connectivity index (χ4n) is 3.55. The van der Waals surface area contributed by atoms with Crippen LogP contribution in [0, 0.1) is 6.92 Å². The van der Waals surface area contributed by atoms with E-state index in [0.717, 1.165) is 32.6 Å². The molecule has 0 aliphatic rings. The minimum atomic E-state index is -3.75. The van der Waals surface area contributed by atoms with Gasteiger partial charge in [-0.1, -0.05) is 54.0 Å². The molecule has 2 atom stereocenters. The van der Waals surface area contributed by atoms with Crippen molar-refractivity contribution in [1.82, 2.24) is 10.2 Å². The van der Waals surface area contributed by atoms with Crippen molar-refractivity contribution in [1.29, 1.82) is 0 Å². The first-order valence-corrected chi connectivity index (χ1v) is 14.0. The third-order valence-corrected chi connectivity index (χ3v) is 7.45. The van der Waals surface area contributed by atoms with Crippen molar-refractivity contribution in [2.24, 2.45) is 0 Å². The van der Waals surface area contributed by atoms with Gasteiger partial charge >= 0.3 is 0 Å². The number of amides is 2. The molecule has 7 nitrogen and oxygen atoms in total. The zero-order chi connectivity index (χ0) is 25.5. The van der Waals surface area contributed by atoms with E-state index in [9.17, 15) is 18.0 Å². The zero-order valence-electron chi connectivity index (χ0n) is 20.4. The van der Waals surface area contributed by atoms with E-state index in [-0.39, 0.29) is 18.5 Å². The summed E-state index contributed by atoms with van der Waals surface area (Å²) in [4.78, 5) is 28.3. The number of hydrogen-bond donors (Lipinski definition) is 1. The highest BCUT2D eigenvalue weighted by Gasteiger charge is 2.32. The first-order chi connectivity index (χ1) is 16.0. The van der Waals surface area contributed by atoms with Crippen molar-refractivity contribution < 1.29 is 18.0 Å². The van der Waals surface area contributed by atoms with Crippen LogP contribution in [-0.4, -0.2) is 50.0 Å². The molecule has 2 aromatic carbocycles. The Bertz CT molecular complexity index is 1090. The number of sulfonamides is 1. The van der Waals surface area contributed by atoms with Crippen molar-refractivity contribution in [3.05, 3.63) is 64.1 Å². The van der Waals surface area contributed by atoms with Gasteiger partial charge in [-0.25, -0.2) is 8.42 Å². The lowest BCUT2D eigenvalue weighted by atomic mass is 10.1. The molecular formula is C25H34BrN3O4S. The van der Waals surface area contributed by atoms with Crippen LogP contribution >= 0.6 is 15.9 Å². The number of halogens is 1. The maximum absolute atomic E-state index is 13.6. The highest BCUT2D eigenvalue weighted by molar-refractivity contribution is 9.10. The summed E-state index contributed by atoms with van der Waals surface area (Å²) in [5.41, 5.74) is 2.28. The maximum atomic E-state index is 13.6. The van der Waals surface area contributed by atoms with Crippen LogP contribution in [0.5, 0.6) is 0 Å². The number of rotatable bonds is 11. The van der Waals surface area contributed by atoms with Gasteiger partial charge in [-0.15, -0.1) is 0 Å². The molecule has 0 saturated carbocycles. The Morgan fingerprint density at radius 1 is 1.03 bits per heavy atom. The van der Waals surface area contributed by atoms with Gasteiger partial charge in [-0.3, -0.25) is 13.9 Å². The van der Waals surface area contributed by atoms with E-state index in [1.165, 1.54) is 4.90 Å². The fourth-order valence-corrected chi connectivity index (χ4v) is 4.67. The zero-order valence-corrected chi connectivity index (χ0v) is 22.8. The van der Waals surface area contributed by atoms with Crippen molar-refractivity contribution >= 4 is 43.5 Å². The summed E-state index contributed by atoms with van der Waals surface area (Å²) in [5.74, 6) is -0.684. The summed E-state index contributed by atoms with van der Waals surface area (Å²) in [6, 6.07) is 13.6. The molecule has 0 unspecified atom stereocenters. The Hall–Kier alpha value is -2.39. The van der Waals surface area contributed by atoms with Gasteiger partial charge in [0.15, 0.2) is 0 Å². The molecule has 0 heterocycles. The molecular weight excluding hydrogens is 518 g/mol. The van der Waals surface area contributed by atoms with Crippen LogP contribution in [0.1, 0.15) is 44.7 Å². The highest BCUT2D eigenvalue weighted by Crippen LogP contribution is 2.22. The summed E-state index contributed by atoms with van der Waals surface area (Å²) < 4.78 is 27.1. The van der Waals surface area contributed by atoms with Gasteiger partial charge in [-0.05, 0) is 62.1 Å². The van der Waals surface area contributed by atoms with Gasteiger partial charge in [0.25, 0.3) is 0 Å². The Morgan fingerprint density at radius 2 is 1.65 bits per heavy atom. The molecule has 0 fully saturated rings. The predicted molar refractivity (Wildman–Crippen MR) is 140 cm³/mol. The van der Waals surface area contributed by atoms with Crippen LogP contribution in [0.15, 0.2) is 53.0 Å². The molecule has 0 aliphatic heterocycles. The number of benzene rings is 2. The third kappa shape index (κ3) is 7.56. The maximum Gasteiger partial charge on any atom is 0.244 e. The van der Waals surface area contributed by atoms with E-state index in [0.29, 0.717) is 12.1 Å². The van der Waals surface area contributed by atoms with Gasteiger partial charge in [0.1, 0.15) is 12.6 Å². The minimum absolute atomic E-state index is 0.0350. The van der Waals surface area contributed by atoms with E-state index in [4.69, 9.17) is 0 Å². The Labute approximate surface area is 211 Å². The second-order valence-corrected chi connectivity index (χ2v) is 11.3. The highest BCUT2D eigenvalue weighted by atomic mass is 79.9. The molecule has 34 heavy (non-hydrogen) atoms. The molecule has 0 aliphatic carbocycles. The molecule has 0 radical (unpaired) electrons. The third-order valence-electron chi connectivity index (χ3n) is 5.78. The Morgan fingerprint density at radius 3 is 2.18 bits per heavy atom. The van der Waals surface area contributed by atoms with Crippen molar-refractivity contribution in [2.45, 2.75) is 59.2 Å². The first-order valence-electron chi connectivity index (χ1n) is 11.4. The van der Waals surface area contributed by atoms with Gasteiger partial charge in [0.05, 0.1) is 11.9 Å². The van der Waals surface area contributed by atoms with Crippen LogP contribution in [0.25, 0.3) is 0 Å². The lowest BCUT2D eigenvalue weighted by Crippen LogP contribution is -2.53. The van der Waals surface area contributed by atoms with E-state index in [1.807, 2.05) is 52.0 Å². The second-order valence-electron chi connectivity index (χ2n) is 8.44. The van der Waals surface area contributed by atoms with Crippen molar-refractivity contribution in [3.8, 4) is 0 Å². The number of nitrogens with one attached hydrogen (secondary N) is 1. The van der Waals surface area contributed by atoms with Crippen LogP contribution in [-0.2, 0) is 26.2 Å². The number of carbonyl (C=O) groups excluding carboxylic acids is 2.